The van der Waals surface area contributed by atoms with Crippen molar-refractivity contribution in [3.05, 3.63) is 29.3 Å². The van der Waals surface area contributed by atoms with Crippen molar-refractivity contribution in [1.29, 1.82) is 0 Å². The molecule has 0 N–H and O–H groups in total. The molecule has 0 saturated carbocycles. The molecule has 0 aliphatic heterocycles. The molecule has 1 aliphatic rings. The van der Waals surface area contributed by atoms with Gasteiger partial charge in [-0.05, 0) is 48.9 Å². The lowest BCUT2D eigenvalue weighted by atomic mass is 9.92. The van der Waals surface area contributed by atoms with Gasteiger partial charge in [0, 0.05) is 0 Å². The molecule has 0 atom stereocenters. The van der Waals surface area contributed by atoms with Gasteiger partial charge in [0.25, 0.3) is 0 Å². The number of rotatable bonds is 4. The fourth-order valence-electron chi connectivity index (χ4n) is 2.26. The zero-order valence-corrected chi connectivity index (χ0v) is 11.1. The Hall–Kier alpha value is -1.84. The maximum Gasteiger partial charge on any atom is 0.311 e. The lowest BCUT2D eigenvalue weighted by Gasteiger charge is -2.16. The predicted molar refractivity (Wildman–Crippen MR) is 70.0 cm³/mol. The van der Waals surface area contributed by atoms with Gasteiger partial charge in [0.15, 0.2) is 0 Å². The first kappa shape index (κ1) is 13.6. The summed E-state index contributed by atoms with van der Waals surface area (Å²) in [6, 6.07) is 5.78. The molecule has 0 fully saturated rings. The van der Waals surface area contributed by atoms with Crippen molar-refractivity contribution in [3.63, 3.8) is 0 Å². The van der Waals surface area contributed by atoms with E-state index in [9.17, 15) is 9.59 Å². The van der Waals surface area contributed by atoms with Gasteiger partial charge in [-0.25, -0.2) is 0 Å². The normalized spacial score (nSPS) is 13.5. The third-order valence-electron chi connectivity index (χ3n) is 3.31. The second-order valence-electron chi connectivity index (χ2n) is 4.69. The molecule has 102 valence electrons. The van der Waals surface area contributed by atoms with E-state index < -0.39 is 11.9 Å². The van der Waals surface area contributed by atoms with Crippen LogP contribution in [0, 0.1) is 0 Å². The number of fused-ring (bicyclic) bond motifs is 1. The fourth-order valence-corrected chi connectivity index (χ4v) is 2.26. The summed E-state index contributed by atoms with van der Waals surface area (Å²) in [5, 5.41) is 0. The van der Waals surface area contributed by atoms with Gasteiger partial charge in [-0.3, -0.25) is 9.59 Å². The fraction of sp³-hybridized carbons (Fsp3) is 0.467. The van der Waals surface area contributed by atoms with Crippen LogP contribution in [0.3, 0.4) is 0 Å². The molecule has 0 spiro atoms. The molecular weight excluding hydrogens is 244 g/mol. The maximum atomic E-state index is 11.6. The zero-order valence-electron chi connectivity index (χ0n) is 11.1. The highest BCUT2D eigenvalue weighted by Gasteiger charge is 2.12. The Kier molecular flexibility index (Phi) is 4.55. The van der Waals surface area contributed by atoms with Crippen molar-refractivity contribution in [2.45, 2.75) is 38.5 Å². The average Bonchev–Trinajstić information content (AvgIpc) is 2.44. The van der Waals surface area contributed by atoms with Crippen LogP contribution in [0.1, 0.15) is 36.8 Å². The molecule has 1 aliphatic carbocycles. The number of methoxy groups -OCH3 is 1. The first-order valence-electron chi connectivity index (χ1n) is 6.58. The molecule has 19 heavy (non-hydrogen) atoms. The van der Waals surface area contributed by atoms with Crippen LogP contribution in [0.15, 0.2) is 18.2 Å². The monoisotopic (exact) mass is 262 g/mol. The van der Waals surface area contributed by atoms with E-state index in [1.165, 1.54) is 31.1 Å². The van der Waals surface area contributed by atoms with Crippen LogP contribution in [0.5, 0.6) is 5.75 Å². The Morgan fingerprint density at radius 1 is 1.05 bits per heavy atom. The number of carbonyl (C=O) groups is 2. The van der Waals surface area contributed by atoms with E-state index in [4.69, 9.17) is 4.74 Å². The standard InChI is InChI=1S/C15H18O4/c1-18-14(16)8-9-15(17)19-13-7-6-11-4-2-3-5-12(11)10-13/h6-7,10H,2-5,8-9H2,1H3. The molecule has 1 aromatic rings. The van der Waals surface area contributed by atoms with Crippen LogP contribution in [-0.4, -0.2) is 19.0 Å². The lowest BCUT2D eigenvalue weighted by molar-refractivity contribution is -0.144. The van der Waals surface area contributed by atoms with Crippen LogP contribution in [0.2, 0.25) is 0 Å². The molecule has 0 heterocycles. The third kappa shape index (κ3) is 3.81. The van der Waals surface area contributed by atoms with Crippen molar-refractivity contribution in [3.8, 4) is 5.75 Å². The summed E-state index contributed by atoms with van der Waals surface area (Å²) in [5.41, 5.74) is 2.62. The molecule has 0 unspecified atom stereocenters. The van der Waals surface area contributed by atoms with E-state index in [-0.39, 0.29) is 12.8 Å². The molecule has 0 bridgehead atoms. The molecule has 4 heteroatoms. The SMILES string of the molecule is COC(=O)CCC(=O)Oc1ccc2c(c1)CCCC2. The third-order valence-corrected chi connectivity index (χ3v) is 3.31. The predicted octanol–water partition coefficient (Wildman–Crippen LogP) is 2.42. The van der Waals surface area contributed by atoms with E-state index in [0.29, 0.717) is 5.75 Å². The minimum absolute atomic E-state index is 0.0454. The molecule has 0 amide bonds. The highest BCUT2D eigenvalue weighted by molar-refractivity contribution is 5.78. The van der Waals surface area contributed by atoms with Crippen molar-refractivity contribution in [2.24, 2.45) is 0 Å². The van der Waals surface area contributed by atoms with Crippen LogP contribution >= 0.6 is 0 Å². The largest absolute Gasteiger partial charge is 0.469 e. The number of aryl methyl sites for hydroxylation is 2. The van der Waals surface area contributed by atoms with Gasteiger partial charge in [-0.2, -0.15) is 0 Å². The number of benzene rings is 1. The van der Waals surface area contributed by atoms with Gasteiger partial charge >= 0.3 is 11.9 Å². The first-order valence-corrected chi connectivity index (χ1v) is 6.58. The Morgan fingerprint density at radius 2 is 1.74 bits per heavy atom. The van der Waals surface area contributed by atoms with Crippen molar-refractivity contribution >= 4 is 11.9 Å². The zero-order chi connectivity index (χ0) is 13.7. The number of ether oxygens (including phenoxy) is 2. The summed E-state index contributed by atoms with van der Waals surface area (Å²) in [4.78, 5) is 22.5. The second kappa shape index (κ2) is 6.36. The quantitative estimate of drug-likeness (QED) is 0.617. The van der Waals surface area contributed by atoms with E-state index in [0.717, 1.165) is 12.8 Å². The van der Waals surface area contributed by atoms with E-state index in [1.807, 2.05) is 18.2 Å². The van der Waals surface area contributed by atoms with Gasteiger partial charge in [-0.15, -0.1) is 0 Å². The molecular formula is C15H18O4. The molecule has 0 aromatic heterocycles. The minimum Gasteiger partial charge on any atom is -0.469 e. The van der Waals surface area contributed by atoms with Crippen molar-refractivity contribution in [1.82, 2.24) is 0 Å². The van der Waals surface area contributed by atoms with Crippen LogP contribution in [-0.2, 0) is 27.2 Å². The molecule has 1 aromatic carbocycles. The van der Waals surface area contributed by atoms with Crippen molar-refractivity contribution in [2.75, 3.05) is 7.11 Å². The highest BCUT2D eigenvalue weighted by atomic mass is 16.5. The molecule has 0 saturated heterocycles. The number of hydrogen-bond donors (Lipinski definition) is 0. The summed E-state index contributed by atoms with van der Waals surface area (Å²) >= 11 is 0. The van der Waals surface area contributed by atoms with Gasteiger partial charge in [0.2, 0.25) is 0 Å². The summed E-state index contributed by atoms with van der Waals surface area (Å²) in [6.07, 6.45) is 4.66. The van der Waals surface area contributed by atoms with E-state index >= 15 is 0 Å². The Balaban J connectivity index is 1.92. The first-order chi connectivity index (χ1) is 9.19. The average molecular weight is 262 g/mol. The van der Waals surface area contributed by atoms with Crippen LogP contribution < -0.4 is 4.74 Å². The van der Waals surface area contributed by atoms with Crippen molar-refractivity contribution < 1.29 is 19.1 Å². The molecule has 2 rings (SSSR count). The van der Waals surface area contributed by atoms with E-state index in [2.05, 4.69) is 4.74 Å². The topological polar surface area (TPSA) is 52.6 Å². The number of hydrogen-bond acceptors (Lipinski definition) is 4. The summed E-state index contributed by atoms with van der Waals surface area (Å²) in [7, 11) is 1.30. The Bertz CT molecular complexity index is 479. The number of esters is 2. The van der Waals surface area contributed by atoms with Crippen LogP contribution in [0.25, 0.3) is 0 Å². The molecule has 4 nitrogen and oxygen atoms in total. The van der Waals surface area contributed by atoms with Gasteiger partial charge in [0.05, 0.1) is 20.0 Å². The summed E-state index contributed by atoms with van der Waals surface area (Å²) in [6.45, 7) is 0. The van der Waals surface area contributed by atoms with E-state index in [1.54, 1.807) is 0 Å². The van der Waals surface area contributed by atoms with Gasteiger partial charge < -0.3 is 9.47 Å². The minimum atomic E-state index is -0.402. The number of carbonyl (C=O) groups excluding carboxylic acids is 2. The maximum absolute atomic E-state index is 11.6. The van der Waals surface area contributed by atoms with Crippen LogP contribution in [0.4, 0.5) is 0 Å². The van der Waals surface area contributed by atoms with Gasteiger partial charge in [0.1, 0.15) is 5.75 Å². The Morgan fingerprint density at radius 3 is 2.47 bits per heavy atom. The lowest BCUT2D eigenvalue weighted by Crippen LogP contribution is -2.12. The Labute approximate surface area is 112 Å². The summed E-state index contributed by atoms with van der Waals surface area (Å²) in [5.74, 6) is -0.237. The highest BCUT2D eigenvalue weighted by Crippen LogP contribution is 2.25. The second-order valence-corrected chi connectivity index (χ2v) is 4.69. The summed E-state index contributed by atoms with van der Waals surface area (Å²) < 4.78 is 9.71. The van der Waals surface area contributed by atoms with Gasteiger partial charge in [-0.1, -0.05) is 6.07 Å². The molecule has 0 radical (unpaired) electrons. The smallest absolute Gasteiger partial charge is 0.311 e.